The van der Waals surface area contributed by atoms with E-state index in [1.165, 1.54) is 16.8 Å². The number of ether oxygens (including phenoxy) is 1. The van der Waals surface area contributed by atoms with Gasteiger partial charge in [0.15, 0.2) is 5.11 Å². The number of benzene rings is 2. The first-order valence-corrected chi connectivity index (χ1v) is 11.8. The largest absolute Gasteiger partial charge is 0.497 e. The lowest BCUT2D eigenvalue weighted by Gasteiger charge is -2.28. The Labute approximate surface area is 206 Å². The number of rotatable bonds is 5. The third-order valence-electron chi connectivity index (χ3n) is 6.48. The molecule has 4 aromatic rings. The summed E-state index contributed by atoms with van der Waals surface area (Å²) in [4.78, 5) is 6.92. The maximum atomic E-state index is 5.89. The summed E-state index contributed by atoms with van der Waals surface area (Å²) in [6.07, 6.45) is 1.84. The summed E-state index contributed by atoms with van der Waals surface area (Å²) in [7, 11) is 1.70. The second-order valence-electron chi connectivity index (χ2n) is 8.70. The monoisotopic (exact) mass is 468 g/mol. The lowest BCUT2D eigenvalue weighted by molar-refractivity contribution is 0.414. The van der Waals surface area contributed by atoms with Gasteiger partial charge in [0.1, 0.15) is 5.75 Å². The lowest BCUT2D eigenvalue weighted by atomic mass is 9.96. The molecule has 6 heteroatoms. The summed E-state index contributed by atoms with van der Waals surface area (Å²) < 4.78 is 7.76. The molecule has 34 heavy (non-hydrogen) atoms. The summed E-state index contributed by atoms with van der Waals surface area (Å²) in [5.41, 5.74) is 7.85. The van der Waals surface area contributed by atoms with Crippen molar-refractivity contribution in [3.05, 3.63) is 107 Å². The number of methoxy groups -OCH3 is 1. The molecule has 172 valence electrons. The quantitative estimate of drug-likeness (QED) is 0.365. The van der Waals surface area contributed by atoms with E-state index in [0.29, 0.717) is 5.11 Å². The maximum absolute atomic E-state index is 5.89. The predicted molar refractivity (Wildman–Crippen MR) is 141 cm³/mol. The summed E-state index contributed by atoms with van der Waals surface area (Å²) >= 11 is 5.89. The topological polar surface area (TPSA) is 42.3 Å². The molecule has 5 rings (SSSR count). The van der Waals surface area contributed by atoms with Crippen LogP contribution in [-0.2, 0) is 0 Å². The van der Waals surface area contributed by atoms with Crippen molar-refractivity contribution in [2.75, 3.05) is 12.0 Å². The highest BCUT2D eigenvalue weighted by Crippen LogP contribution is 2.43. The van der Waals surface area contributed by atoms with E-state index in [-0.39, 0.29) is 12.1 Å². The van der Waals surface area contributed by atoms with Gasteiger partial charge in [-0.05, 0) is 86.6 Å². The Morgan fingerprint density at radius 2 is 1.71 bits per heavy atom. The molecule has 0 amide bonds. The molecule has 2 aromatic heterocycles. The summed E-state index contributed by atoms with van der Waals surface area (Å²) in [6.45, 7) is 6.42. The normalized spacial score (nSPS) is 17.6. The number of anilines is 1. The van der Waals surface area contributed by atoms with Crippen LogP contribution in [0.15, 0.2) is 79.0 Å². The van der Waals surface area contributed by atoms with Crippen LogP contribution in [-0.4, -0.2) is 21.8 Å². The predicted octanol–water partition coefficient (Wildman–Crippen LogP) is 5.98. The van der Waals surface area contributed by atoms with E-state index in [2.05, 4.69) is 89.1 Å². The standard InChI is InChI=1S/C28H28N4OS/c1-18-9-7-10-21(15-18)32-27(26(30-28(32)34)25-13-5-6-14-29-25)24-16-19(2)31(20(24)3)22-11-8-12-23(17-22)33-4/h5-17,26-27H,1-4H3,(H,30,34)/t26-,27+/m0/s1. The third kappa shape index (κ3) is 3.84. The third-order valence-corrected chi connectivity index (χ3v) is 6.79. The number of aryl methyl sites for hydroxylation is 2. The van der Waals surface area contributed by atoms with E-state index in [9.17, 15) is 0 Å². The Kier molecular flexibility index (Phi) is 5.84. The van der Waals surface area contributed by atoms with Gasteiger partial charge < -0.3 is 19.5 Å². The van der Waals surface area contributed by atoms with E-state index in [1.54, 1.807) is 7.11 Å². The fourth-order valence-corrected chi connectivity index (χ4v) is 5.31. The highest BCUT2D eigenvalue weighted by Gasteiger charge is 2.42. The Morgan fingerprint density at radius 3 is 2.44 bits per heavy atom. The van der Waals surface area contributed by atoms with Crippen molar-refractivity contribution in [1.29, 1.82) is 0 Å². The van der Waals surface area contributed by atoms with Crippen LogP contribution < -0.4 is 15.0 Å². The zero-order valence-corrected chi connectivity index (χ0v) is 20.6. The van der Waals surface area contributed by atoms with Gasteiger partial charge in [-0.1, -0.05) is 24.3 Å². The molecule has 0 bridgehead atoms. The summed E-state index contributed by atoms with van der Waals surface area (Å²) in [5.74, 6) is 0.836. The number of nitrogens with zero attached hydrogens (tertiary/aromatic N) is 3. The maximum Gasteiger partial charge on any atom is 0.174 e. The Balaban J connectivity index is 1.68. The van der Waals surface area contributed by atoms with Crippen molar-refractivity contribution >= 4 is 23.0 Å². The van der Waals surface area contributed by atoms with E-state index >= 15 is 0 Å². The zero-order chi connectivity index (χ0) is 23.8. The minimum absolute atomic E-state index is 0.0465. The van der Waals surface area contributed by atoms with Gasteiger partial charge in [-0.3, -0.25) is 4.98 Å². The summed E-state index contributed by atoms with van der Waals surface area (Å²) in [5, 5.41) is 4.27. The molecular weight excluding hydrogens is 440 g/mol. The number of aromatic nitrogens is 2. The van der Waals surface area contributed by atoms with Crippen molar-refractivity contribution in [2.24, 2.45) is 0 Å². The molecule has 1 N–H and O–H groups in total. The second kappa shape index (κ2) is 8.95. The molecule has 2 atom stereocenters. The number of hydrogen-bond donors (Lipinski definition) is 1. The van der Waals surface area contributed by atoms with Crippen LogP contribution in [0.25, 0.3) is 5.69 Å². The molecule has 0 radical (unpaired) electrons. The number of nitrogens with one attached hydrogen (secondary N) is 1. The van der Waals surface area contributed by atoms with E-state index in [1.807, 2.05) is 30.5 Å². The molecule has 1 aliphatic rings. The van der Waals surface area contributed by atoms with Crippen LogP contribution in [0.2, 0.25) is 0 Å². The van der Waals surface area contributed by atoms with Crippen LogP contribution in [0.4, 0.5) is 5.69 Å². The van der Waals surface area contributed by atoms with Crippen molar-refractivity contribution < 1.29 is 4.74 Å². The second-order valence-corrected chi connectivity index (χ2v) is 9.09. The van der Waals surface area contributed by atoms with Crippen LogP contribution in [0, 0.1) is 20.8 Å². The van der Waals surface area contributed by atoms with Crippen molar-refractivity contribution in [3.8, 4) is 11.4 Å². The lowest BCUT2D eigenvalue weighted by Crippen LogP contribution is -2.29. The number of thiocarbonyl (C=S) groups is 1. The molecule has 0 unspecified atom stereocenters. The van der Waals surface area contributed by atoms with Gasteiger partial charge in [-0.25, -0.2) is 0 Å². The molecule has 1 fully saturated rings. The smallest absolute Gasteiger partial charge is 0.174 e. The first-order valence-electron chi connectivity index (χ1n) is 11.4. The minimum atomic E-state index is -0.0755. The van der Waals surface area contributed by atoms with Gasteiger partial charge in [0.25, 0.3) is 0 Å². The number of hydrogen-bond acceptors (Lipinski definition) is 3. The molecule has 2 aromatic carbocycles. The van der Waals surface area contributed by atoms with Gasteiger partial charge >= 0.3 is 0 Å². The highest BCUT2D eigenvalue weighted by molar-refractivity contribution is 7.80. The first-order chi connectivity index (χ1) is 16.5. The van der Waals surface area contributed by atoms with Gasteiger partial charge in [-0.2, -0.15) is 0 Å². The molecule has 0 saturated carbocycles. The first kappa shape index (κ1) is 22.2. The fourth-order valence-electron chi connectivity index (χ4n) is 4.96. The van der Waals surface area contributed by atoms with Gasteiger partial charge in [0, 0.05) is 35.0 Å². The van der Waals surface area contributed by atoms with E-state index in [0.717, 1.165) is 28.5 Å². The van der Waals surface area contributed by atoms with Crippen LogP contribution in [0.5, 0.6) is 5.75 Å². The molecular formula is C28H28N4OS. The molecule has 5 nitrogen and oxygen atoms in total. The fraction of sp³-hybridized carbons (Fsp3) is 0.214. The molecule has 1 saturated heterocycles. The Bertz CT molecular complexity index is 1350. The Hall–Kier alpha value is -3.64. The summed E-state index contributed by atoms with van der Waals surface area (Å²) in [6, 6.07) is 24.8. The molecule has 1 aliphatic heterocycles. The van der Waals surface area contributed by atoms with Crippen LogP contribution in [0.3, 0.4) is 0 Å². The Morgan fingerprint density at radius 1 is 0.912 bits per heavy atom. The SMILES string of the molecule is COc1cccc(-n2c(C)cc([C@@H]3[C@H](c4ccccn4)NC(=S)N3c3cccc(C)c3)c2C)c1. The van der Waals surface area contributed by atoms with Crippen LogP contribution in [0.1, 0.15) is 40.3 Å². The van der Waals surface area contributed by atoms with Gasteiger partial charge in [-0.15, -0.1) is 0 Å². The average Bonchev–Trinajstić information content (AvgIpc) is 3.34. The van der Waals surface area contributed by atoms with Gasteiger partial charge in [0.05, 0.1) is 24.9 Å². The highest BCUT2D eigenvalue weighted by atomic mass is 32.1. The van der Waals surface area contributed by atoms with E-state index in [4.69, 9.17) is 17.0 Å². The molecule has 3 heterocycles. The van der Waals surface area contributed by atoms with Crippen molar-refractivity contribution in [2.45, 2.75) is 32.9 Å². The van der Waals surface area contributed by atoms with Crippen molar-refractivity contribution in [3.63, 3.8) is 0 Å². The zero-order valence-electron chi connectivity index (χ0n) is 19.8. The van der Waals surface area contributed by atoms with Crippen molar-refractivity contribution in [1.82, 2.24) is 14.9 Å². The average molecular weight is 469 g/mol. The molecule has 0 aliphatic carbocycles. The molecule has 0 spiro atoms. The van der Waals surface area contributed by atoms with Gasteiger partial charge in [0.2, 0.25) is 0 Å². The van der Waals surface area contributed by atoms with E-state index < -0.39 is 0 Å². The number of pyridine rings is 1. The van der Waals surface area contributed by atoms with Crippen LogP contribution >= 0.6 is 12.2 Å². The minimum Gasteiger partial charge on any atom is -0.497 e.